The number of benzene rings is 2. The molecule has 1 N–H and O–H groups in total. The number of hydrogen-bond donors (Lipinski definition) is 1. The van der Waals surface area contributed by atoms with Gasteiger partial charge in [0.25, 0.3) is 0 Å². The fraction of sp³-hybridized carbons (Fsp3) is 0.348. The molecule has 28 heavy (non-hydrogen) atoms. The molecule has 0 bridgehead atoms. The third kappa shape index (κ3) is 6.48. The number of hydrogen-bond acceptors (Lipinski definition) is 3. The second-order valence-electron chi connectivity index (χ2n) is 7.21. The molecule has 5 heteroatoms. The van der Waals surface area contributed by atoms with E-state index in [2.05, 4.69) is 51.5 Å². The Morgan fingerprint density at radius 1 is 1.07 bits per heavy atom. The van der Waals surface area contributed by atoms with E-state index in [0.29, 0.717) is 11.4 Å². The molecule has 0 unspecified atom stereocenters. The first kappa shape index (κ1) is 20.6. The molecule has 1 amide bonds. The minimum Gasteiger partial charge on any atom is -0.326 e. The topological polar surface area (TPSA) is 35.6 Å². The van der Waals surface area contributed by atoms with Crippen molar-refractivity contribution in [2.75, 3.05) is 44.6 Å². The second-order valence-corrected chi connectivity index (χ2v) is 7.65. The average molecular weight is 398 g/mol. The van der Waals surface area contributed by atoms with Gasteiger partial charge in [-0.25, -0.2) is 0 Å². The highest BCUT2D eigenvalue weighted by atomic mass is 35.5. The van der Waals surface area contributed by atoms with Gasteiger partial charge in [0.05, 0.1) is 0 Å². The number of halogens is 1. The molecule has 0 aromatic heterocycles. The lowest BCUT2D eigenvalue weighted by Gasteiger charge is -2.34. The van der Waals surface area contributed by atoms with Crippen molar-refractivity contribution in [1.82, 2.24) is 9.80 Å². The highest BCUT2D eigenvalue weighted by molar-refractivity contribution is 6.31. The summed E-state index contributed by atoms with van der Waals surface area (Å²) in [6, 6.07) is 15.9. The number of piperazine rings is 1. The molecular weight excluding hydrogens is 370 g/mol. The summed E-state index contributed by atoms with van der Waals surface area (Å²) in [6.45, 7) is 7.81. The van der Waals surface area contributed by atoms with Crippen LogP contribution in [0.25, 0.3) is 6.08 Å². The summed E-state index contributed by atoms with van der Waals surface area (Å²) < 4.78 is 0. The fourth-order valence-corrected chi connectivity index (χ4v) is 3.47. The zero-order valence-electron chi connectivity index (χ0n) is 16.4. The van der Waals surface area contributed by atoms with E-state index in [1.807, 2.05) is 25.1 Å². The molecule has 148 valence electrons. The molecule has 0 spiro atoms. The van der Waals surface area contributed by atoms with Crippen molar-refractivity contribution >= 4 is 29.3 Å². The van der Waals surface area contributed by atoms with E-state index in [9.17, 15) is 4.79 Å². The summed E-state index contributed by atoms with van der Waals surface area (Å²) in [4.78, 5) is 17.1. The summed E-state index contributed by atoms with van der Waals surface area (Å²) in [5, 5.41) is 3.61. The molecule has 1 heterocycles. The number of carbonyl (C=O) groups excluding carboxylic acids is 1. The fourth-order valence-electron chi connectivity index (χ4n) is 3.30. The highest BCUT2D eigenvalue weighted by Crippen LogP contribution is 2.20. The SMILES string of the molecule is Cc1ccc(Cl)cc1NC(=O)CCN1CCN(C/C=C/c2ccccc2)CC1. The Balaban J connectivity index is 1.35. The maximum absolute atomic E-state index is 12.3. The van der Waals surface area contributed by atoms with Crippen molar-refractivity contribution in [2.45, 2.75) is 13.3 Å². The van der Waals surface area contributed by atoms with E-state index in [-0.39, 0.29) is 5.91 Å². The lowest BCUT2D eigenvalue weighted by molar-refractivity contribution is -0.116. The molecule has 3 rings (SSSR count). The molecule has 2 aromatic carbocycles. The molecule has 0 atom stereocenters. The number of nitrogens with one attached hydrogen (secondary N) is 1. The Kier molecular flexibility index (Phi) is 7.66. The van der Waals surface area contributed by atoms with Crippen LogP contribution in [-0.2, 0) is 4.79 Å². The molecule has 0 saturated carbocycles. The van der Waals surface area contributed by atoms with Gasteiger partial charge < -0.3 is 10.2 Å². The standard InChI is InChI=1S/C23H28ClN3O/c1-19-9-10-21(24)18-22(19)25-23(28)11-13-27-16-14-26(15-17-27)12-5-8-20-6-3-2-4-7-20/h2-10,18H,11-17H2,1H3,(H,25,28)/b8-5+. The van der Waals surface area contributed by atoms with Gasteiger partial charge in [-0.15, -0.1) is 0 Å². The summed E-state index contributed by atoms with van der Waals surface area (Å²) in [5.74, 6) is 0.0404. The van der Waals surface area contributed by atoms with E-state index in [1.165, 1.54) is 5.56 Å². The Morgan fingerprint density at radius 2 is 1.79 bits per heavy atom. The minimum atomic E-state index is 0.0404. The Hall–Kier alpha value is -2.14. The van der Waals surface area contributed by atoms with Crippen molar-refractivity contribution in [2.24, 2.45) is 0 Å². The van der Waals surface area contributed by atoms with Crippen LogP contribution in [0.4, 0.5) is 5.69 Å². The first-order chi connectivity index (χ1) is 13.6. The van der Waals surface area contributed by atoms with E-state index in [1.54, 1.807) is 6.07 Å². The zero-order valence-corrected chi connectivity index (χ0v) is 17.2. The third-order valence-electron chi connectivity index (χ3n) is 5.07. The van der Waals surface area contributed by atoms with Crippen molar-refractivity contribution in [3.8, 4) is 0 Å². The number of amides is 1. The normalized spacial score (nSPS) is 15.8. The maximum Gasteiger partial charge on any atom is 0.225 e. The predicted octanol–water partition coefficient (Wildman–Crippen LogP) is 4.31. The van der Waals surface area contributed by atoms with Crippen LogP contribution in [0.15, 0.2) is 54.6 Å². The smallest absolute Gasteiger partial charge is 0.225 e. The van der Waals surface area contributed by atoms with E-state index < -0.39 is 0 Å². The monoisotopic (exact) mass is 397 g/mol. The van der Waals surface area contributed by atoms with Crippen molar-refractivity contribution in [3.63, 3.8) is 0 Å². The van der Waals surface area contributed by atoms with Gasteiger partial charge >= 0.3 is 0 Å². The first-order valence-corrected chi connectivity index (χ1v) is 10.2. The number of carbonyl (C=O) groups is 1. The first-order valence-electron chi connectivity index (χ1n) is 9.82. The van der Waals surface area contributed by atoms with Crippen molar-refractivity contribution in [3.05, 3.63) is 70.8 Å². The van der Waals surface area contributed by atoms with Crippen LogP contribution in [0.3, 0.4) is 0 Å². The van der Waals surface area contributed by atoms with Crippen LogP contribution >= 0.6 is 11.6 Å². The summed E-state index contributed by atoms with van der Waals surface area (Å²) in [7, 11) is 0. The van der Waals surface area contributed by atoms with E-state index in [0.717, 1.165) is 50.5 Å². The molecule has 2 aromatic rings. The third-order valence-corrected chi connectivity index (χ3v) is 5.30. The maximum atomic E-state index is 12.3. The summed E-state index contributed by atoms with van der Waals surface area (Å²) in [5.41, 5.74) is 3.06. The zero-order chi connectivity index (χ0) is 19.8. The lowest BCUT2D eigenvalue weighted by atomic mass is 10.2. The van der Waals surface area contributed by atoms with Gasteiger partial charge in [-0.2, -0.15) is 0 Å². The van der Waals surface area contributed by atoms with Gasteiger partial charge in [-0.3, -0.25) is 9.69 Å². The van der Waals surface area contributed by atoms with Gasteiger partial charge in [0.15, 0.2) is 0 Å². The van der Waals surface area contributed by atoms with E-state index in [4.69, 9.17) is 11.6 Å². The van der Waals surface area contributed by atoms with Crippen LogP contribution < -0.4 is 5.32 Å². The molecule has 0 aliphatic carbocycles. The Bertz CT molecular complexity index is 799. The summed E-state index contributed by atoms with van der Waals surface area (Å²) >= 11 is 6.01. The van der Waals surface area contributed by atoms with Crippen molar-refractivity contribution in [1.29, 1.82) is 0 Å². The minimum absolute atomic E-state index is 0.0404. The van der Waals surface area contributed by atoms with Crippen molar-refractivity contribution < 1.29 is 4.79 Å². The molecule has 1 saturated heterocycles. The van der Waals surface area contributed by atoms with Crippen LogP contribution in [0.1, 0.15) is 17.5 Å². The van der Waals surface area contributed by atoms with Gasteiger partial charge in [0.2, 0.25) is 5.91 Å². The molecule has 4 nitrogen and oxygen atoms in total. The molecule has 1 fully saturated rings. The second kappa shape index (κ2) is 10.4. The van der Waals surface area contributed by atoms with E-state index >= 15 is 0 Å². The van der Waals surface area contributed by atoms with Crippen LogP contribution in [-0.4, -0.2) is 55.0 Å². The molecule has 1 aliphatic heterocycles. The largest absolute Gasteiger partial charge is 0.326 e. The number of aryl methyl sites for hydroxylation is 1. The van der Waals surface area contributed by atoms with Crippen LogP contribution in [0.2, 0.25) is 5.02 Å². The van der Waals surface area contributed by atoms with Gasteiger partial charge in [0, 0.05) is 56.4 Å². The Labute approximate surface area is 172 Å². The predicted molar refractivity (Wildman–Crippen MR) is 118 cm³/mol. The Morgan fingerprint density at radius 3 is 2.54 bits per heavy atom. The van der Waals surface area contributed by atoms with Crippen LogP contribution in [0.5, 0.6) is 0 Å². The lowest BCUT2D eigenvalue weighted by Crippen LogP contribution is -2.46. The van der Waals surface area contributed by atoms with Gasteiger partial charge in [-0.05, 0) is 30.2 Å². The molecule has 0 radical (unpaired) electrons. The quantitative estimate of drug-likeness (QED) is 0.756. The number of anilines is 1. The van der Waals surface area contributed by atoms with Crippen LogP contribution in [0, 0.1) is 6.92 Å². The molecule has 1 aliphatic rings. The van der Waals surface area contributed by atoms with Gasteiger partial charge in [-0.1, -0.05) is 60.2 Å². The van der Waals surface area contributed by atoms with Gasteiger partial charge in [0.1, 0.15) is 0 Å². The number of nitrogens with zero attached hydrogens (tertiary/aromatic N) is 2. The molecular formula is C23H28ClN3O. The highest BCUT2D eigenvalue weighted by Gasteiger charge is 2.16. The average Bonchev–Trinajstić information content (AvgIpc) is 2.71. The summed E-state index contributed by atoms with van der Waals surface area (Å²) in [6.07, 6.45) is 4.90. The number of rotatable bonds is 7.